The van der Waals surface area contributed by atoms with Crippen LogP contribution in [-0.4, -0.2) is 57.6 Å². The van der Waals surface area contributed by atoms with E-state index in [1.54, 1.807) is 0 Å². The largest absolute Gasteiger partial charge is 0.368 e. The molecule has 2 fully saturated rings. The van der Waals surface area contributed by atoms with Gasteiger partial charge in [0.25, 0.3) is 0 Å². The van der Waals surface area contributed by atoms with Crippen molar-refractivity contribution in [3.05, 3.63) is 42.4 Å². The smallest absolute Gasteiger partial charge is 0.230 e. The van der Waals surface area contributed by atoms with Crippen LogP contribution in [0.25, 0.3) is 17.1 Å². The van der Waals surface area contributed by atoms with Gasteiger partial charge >= 0.3 is 0 Å². The molecule has 1 spiro atoms. The highest BCUT2D eigenvalue weighted by Crippen LogP contribution is 2.44. The quantitative estimate of drug-likeness (QED) is 0.666. The number of hydrogen-bond acceptors (Lipinski definition) is 6. The van der Waals surface area contributed by atoms with E-state index in [1.807, 2.05) is 18.5 Å². The van der Waals surface area contributed by atoms with E-state index in [2.05, 4.69) is 61.0 Å². The van der Waals surface area contributed by atoms with Gasteiger partial charge in [0.2, 0.25) is 5.95 Å². The minimum atomic E-state index is 0.179. The van der Waals surface area contributed by atoms with Crippen LogP contribution in [-0.2, 0) is 5.54 Å². The molecule has 166 valence electrons. The topological polar surface area (TPSA) is 62.1 Å². The summed E-state index contributed by atoms with van der Waals surface area (Å²) in [4.78, 5) is 18.9. The highest BCUT2D eigenvalue weighted by Gasteiger charge is 2.37. The first-order valence-electron chi connectivity index (χ1n) is 11.9. The monoisotopic (exact) mass is 429 g/mol. The normalized spacial score (nSPS) is 20.6. The summed E-state index contributed by atoms with van der Waals surface area (Å²) in [6.45, 7) is 4.26. The molecule has 3 aromatic rings. The summed E-state index contributed by atoms with van der Waals surface area (Å²) in [7, 11) is 2.17. The predicted octanol–water partition coefficient (Wildman–Crippen LogP) is 4.40. The molecule has 6 rings (SSSR count). The van der Waals surface area contributed by atoms with E-state index in [4.69, 9.17) is 4.98 Å². The van der Waals surface area contributed by atoms with E-state index in [0.717, 1.165) is 49.5 Å². The third kappa shape index (κ3) is 3.45. The third-order valence-electron chi connectivity index (χ3n) is 7.47. The zero-order chi connectivity index (χ0) is 21.5. The summed E-state index contributed by atoms with van der Waals surface area (Å²) in [6, 6.07) is 6.40. The van der Waals surface area contributed by atoms with Crippen molar-refractivity contribution in [3.8, 4) is 0 Å². The first kappa shape index (κ1) is 19.7. The van der Waals surface area contributed by atoms with Crippen molar-refractivity contribution in [2.45, 2.75) is 44.1 Å². The molecule has 3 aromatic heterocycles. The van der Waals surface area contributed by atoms with Gasteiger partial charge in [-0.25, -0.2) is 9.97 Å². The van der Waals surface area contributed by atoms with E-state index in [9.17, 15) is 0 Å². The molecule has 0 atom stereocenters. The Labute approximate surface area is 189 Å². The van der Waals surface area contributed by atoms with Gasteiger partial charge in [0.15, 0.2) is 0 Å². The Morgan fingerprint density at radius 2 is 1.81 bits per heavy atom. The molecule has 1 saturated heterocycles. The van der Waals surface area contributed by atoms with Crippen molar-refractivity contribution >= 4 is 34.6 Å². The Bertz CT molecular complexity index is 1130. The zero-order valence-electron chi connectivity index (χ0n) is 18.8. The Balaban J connectivity index is 1.27. The van der Waals surface area contributed by atoms with Gasteiger partial charge in [0.1, 0.15) is 11.5 Å². The lowest BCUT2D eigenvalue weighted by molar-refractivity contribution is 0.197. The van der Waals surface area contributed by atoms with Crippen molar-refractivity contribution in [2.75, 3.05) is 43.4 Å². The number of anilines is 3. The molecule has 0 amide bonds. The predicted molar refractivity (Wildman–Crippen MR) is 129 cm³/mol. The minimum absolute atomic E-state index is 0.179. The number of pyridine rings is 1. The first-order valence-corrected chi connectivity index (χ1v) is 11.9. The Kier molecular flexibility index (Phi) is 4.86. The lowest BCUT2D eigenvalue weighted by atomic mass is 9.77. The van der Waals surface area contributed by atoms with Crippen LogP contribution in [0.15, 0.2) is 36.7 Å². The van der Waals surface area contributed by atoms with Gasteiger partial charge in [-0.15, -0.1) is 0 Å². The minimum Gasteiger partial charge on any atom is -0.368 e. The maximum Gasteiger partial charge on any atom is 0.230 e. The summed E-state index contributed by atoms with van der Waals surface area (Å²) < 4.78 is 2.50. The molecule has 1 saturated carbocycles. The van der Waals surface area contributed by atoms with Crippen molar-refractivity contribution in [1.82, 2.24) is 24.4 Å². The molecule has 7 nitrogen and oxygen atoms in total. The molecule has 5 heterocycles. The second-order valence-electron chi connectivity index (χ2n) is 9.59. The van der Waals surface area contributed by atoms with Gasteiger partial charge < -0.3 is 19.7 Å². The molecule has 1 aliphatic carbocycles. The SMILES string of the molecule is CN1CCN(c2ccc(Nc3ncc4cc5n(c4n3)C3(CC=C5)CCCCC3)nc2)CC1. The number of nitrogens with one attached hydrogen (secondary N) is 1. The van der Waals surface area contributed by atoms with Crippen molar-refractivity contribution in [1.29, 1.82) is 0 Å². The summed E-state index contributed by atoms with van der Waals surface area (Å²) in [5, 5.41) is 4.44. The van der Waals surface area contributed by atoms with Gasteiger partial charge in [0, 0.05) is 43.5 Å². The number of allylic oxidation sites excluding steroid dienone is 1. The number of piperazine rings is 1. The maximum absolute atomic E-state index is 4.96. The lowest BCUT2D eigenvalue weighted by Crippen LogP contribution is -2.44. The first-order chi connectivity index (χ1) is 15.7. The van der Waals surface area contributed by atoms with Gasteiger partial charge in [-0.05, 0) is 50.6 Å². The number of rotatable bonds is 3. The molecular formula is C25H31N7. The number of aromatic nitrogens is 4. The van der Waals surface area contributed by atoms with Gasteiger partial charge in [-0.3, -0.25) is 0 Å². The summed E-state index contributed by atoms with van der Waals surface area (Å²) >= 11 is 0. The van der Waals surface area contributed by atoms with Crippen LogP contribution in [0, 0.1) is 0 Å². The highest BCUT2D eigenvalue weighted by atomic mass is 15.3. The molecule has 3 aliphatic rings. The molecule has 0 bridgehead atoms. The van der Waals surface area contributed by atoms with Crippen LogP contribution in [0.5, 0.6) is 0 Å². The van der Waals surface area contributed by atoms with Gasteiger partial charge in [-0.2, -0.15) is 4.98 Å². The summed E-state index contributed by atoms with van der Waals surface area (Å²) in [5.41, 5.74) is 3.65. The van der Waals surface area contributed by atoms with Crippen molar-refractivity contribution in [2.24, 2.45) is 0 Å². The summed E-state index contributed by atoms with van der Waals surface area (Å²) in [5.74, 6) is 1.39. The van der Waals surface area contributed by atoms with Crippen molar-refractivity contribution < 1.29 is 0 Å². The van der Waals surface area contributed by atoms with E-state index in [-0.39, 0.29) is 5.54 Å². The summed E-state index contributed by atoms with van der Waals surface area (Å²) in [6.07, 6.45) is 16.0. The van der Waals surface area contributed by atoms with Crippen LogP contribution >= 0.6 is 0 Å². The number of nitrogens with zero attached hydrogens (tertiary/aromatic N) is 6. The molecule has 32 heavy (non-hydrogen) atoms. The van der Waals surface area contributed by atoms with E-state index in [0.29, 0.717) is 5.95 Å². The number of likely N-dealkylation sites (N-methyl/N-ethyl adjacent to an activating group) is 1. The fourth-order valence-electron chi connectivity index (χ4n) is 5.64. The van der Waals surface area contributed by atoms with Crippen LogP contribution in [0.4, 0.5) is 17.5 Å². The third-order valence-corrected chi connectivity index (χ3v) is 7.47. The zero-order valence-corrected chi connectivity index (χ0v) is 18.8. The van der Waals surface area contributed by atoms with E-state index in [1.165, 1.54) is 43.5 Å². The van der Waals surface area contributed by atoms with Crippen LogP contribution in [0.3, 0.4) is 0 Å². The Morgan fingerprint density at radius 3 is 2.59 bits per heavy atom. The molecule has 0 aromatic carbocycles. The molecule has 7 heteroatoms. The second-order valence-corrected chi connectivity index (χ2v) is 9.59. The molecular weight excluding hydrogens is 398 g/mol. The Morgan fingerprint density at radius 1 is 0.969 bits per heavy atom. The average Bonchev–Trinajstić information content (AvgIpc) is 3.20. The van der Waals surface area contributed by atoms with E-state index >= 15 is 0 Å². The average molecular weight is 430 g/mol. The fraction of sp³-hybridized carbons (Fsp3) is 0.480. The number of hydrogen-bond donors (Lipinski definition) is 1. The van der Waals surface area contributed by atoms with Gasteiger partial charge in [0.05, 0.1) is 17.4 Å². The fourth-order valence-corrected chi connectivity index (χ4v) is 5.64. The van der Waals surface area contributed by atoms with Crippen LogP contribution in [0.1, 0.15) is 44.2 Å². The molecule has 0 unspecified atom stereocenters. The van der Waals surface area contributed by atoms with Crippen molar-refractivity contribution in [3.63, 3.8) is 0 Å². The molecule has 1 N–H and O–H groups in total. The van der Waals surface area contributed by atoms with E-state index < -0.39 is 0 Å². The standard InChI is InChI=1S/C25H31N7/c1-30-12-14-31(15-13-30)21-7-8-22(26-18-21)28-24-27-17-19-16-20-6-5-11-25(9-3-2-4-10-25)32(20)23(19)29-24/h5-8,16-18H,2-4,9-15H2,1H3,(H,26,27,28,29). The van der Waals surface area contributed by atoms with Crippen LogP contribution in [0.2, 0.25) is 0 Å². The molecule has 2 aliphatic heterocycles. The number of fused-ring (bicyclic) bond motifs is 4. The maximum atomic E-state index is 4.96. The van der Waals surface area contributed by atoms with Gasteiger partial charge in [-0.1, -0.05) is 25.3 Å². The second kappa shape index (κ2) is 7.89. The lowest BCUT2D eigenvalue weighted by Gasteiger charge is -2.41. The molecule has 0 radical (unpaired) electrons. The Hall–Kier alpha value is -2.93. The highest BCUT2D eigenvalue weighted by molar-refractivity contribution is 5.82. The van der Waals surface area contributed by atoms with Crippen LogP contribution < -0.4 is 10.2 Å².